The predicted molar refractivity (Wildman–Crippen MR) is 217 cm³/mol. The van der Waals surface area contributed by atoms with Gasteiger partial charge in [0.1, 0.15) is 12.7 Å². The number of phosphoric ester groups is 1. The standard InChI is InChI=1S/C42H80NO10P/c1-3-5-7-9-11-13-15-17-18-19-20-22-23-25-27-29-31-33-40(45)43-39(42(47)48)37-53-54(49,50)52-36-38(44)35-51-41(46)34-32-30-28-26-24-21-16-14-12-10-8-6-4-2/h14,16,38-39,44H,3-13,15,17-37H2,1-2H3,(H,43,45)(H,47,48)(H,49,50)/b16-14-. The van der Waals surface area contributed by atoms with Crippen molar-refractivity contribution in [1.82, 2.24) is 5.32 Å². The van der Waals surface area contributed by atoms with Gasteiger partial charge in [0.25, 0.3) is 0 Å². The van der Waals surface area contributed by atoms with E-state index in [2.05, 4.69) is 31.3 Å². The van der Waals surface area contributed by atoms with Crippen LogP contribution in [-0.4, -0.2) is 64.9 Å². The van der Waals surface area contributed by atoms with Crippen LogP contribution in [0.5, 0.6) is 0 Å². The van der Waals surface area contributed by atoms with Crippen LogP contribution in [0.25, 0.3) is 0 Å². The summed E-state index contributed by atoms with van der Waals surface area (Å²) in [5.41, 5.74) is 0. The highest BCUT2D eigenvalue weighted by Gasteiger charge is 2.28. The molecule has 0 spiro atoms. The molecule has 0 rings (SSSR count). The molecule has 0 aromatic carbocycles. The molecule has 0 aliphatic carbocycles. The number of amides is 1. The molecule has 0 saturated heterocycles. The van der Waals surface area contributed by atoms with E-state index in [1.165, 1.54) is 109 Å². The van der Waals surface area contributed by atoms with E-state index in [0.29, 0.717) is 12.8 Å². The van der Waals surface area contributed by atoms with Gasteiger partial charge in [0.2, 0.25) is 5.91 Å². The Morgan fingerprint density at radius 1 is 0.574 bits per heavy atom. The van der Waals surface area contributed by atoms with Gasteiger partial charge < -0.3 is 25.2 Å². The molecule has 1 amide bonds. The lowest BCUT2D eigenvalue weighted by atomic mass is 10.0. The van der Waals surface area contributed by atoms with E-state index in [4.69, 9.17) is 13.8 Å². The molecule has 0 bridgehead atoms. The van der Waals surface area contributed by atoms with Gasteiger partial charge in [0.05, 0.1) is 13.2 Å². The van der Waals surface area contributed by atoms with Crippen molar-refractivity contribution >= 4 is 25.7 Å². The highest BCUT2D eigenvalue weighted by atomic mass is 31.2. The van der Waals surface area contributed by atoms with Crippen molar-refractivity contribution in [3.63, 3.8) is 0 Å². The van der Waals surface area contributed by atoms with Gasteiger partial charge in [-0.05, 0) is 38.5 Å². The minimum atomic E-state index is -4.75. The topological polar surface area (TPSA) is 169 Å². The predicted octanol–water partition coefficient (Wildman–Crippen LogP) is 10.9. The van der Waals surface area contributed by atoms with Crippen molar-refractivity contribution < 1.29 is 47.8 Å². The zero-order valence-electron chi connectivity index (χ0n) is 34.3. The third-order valence-electron chi connectivity index (χ3n) is 9.55. The van der Waals surface area contributed by atoms with Crippen molar-refractivity contribution in [2.24, 2.45) is 0 Å². The van der Waals surface area contributed by atoms with Gasteiger partial charge >= 0.3 is 19.8 Å². The van der Waals surface area contributed by atoms with Crippen molar-refractivity contribution in [2.45, 2.75) is 219 Å². The number of unbranched alkanes of at least 4 members (excludes halogenated alkanes) is 25. The molecule has 0 fully saturated rings. The second-order valence-corrected chi connectivity index (χ2v) is 16.3. The van der Waals surface area contributed by atoms with Gasteiger partial charge in [-0.1, -0.05) is 167 Å². The lowest BCUT2D eigenvalue weighted by molar-refractivity contribution is -0.147. The second kappa shape index (κ2) is 38.1. The van der Waals surface area contributed by atoms with Gasteiger partial charge in [-0.15, -0.1) is 0 Å². The fraction of sp³-hybridized carbons (Fsp3) is 0.881. The number of allylic oxidation sites excluding steroid dienone is 2. The SMILES string of the molecule is CCCCCC/C=C\CCCCCCCC(=O)OCC(O)COP(=O)(O)OCC(NC(=O)CCCCCCCCCCCCCCCCCCC)C(=O)O. The zero-order chi connectivity index (χ0) is 40.0. The first-order chi connectivity index (χ1) is 26.1. The number of carbonyl (C=O) groups is 3. The number of hydrogen-bond donors (Lipinski definition) is 4. The number of nitrogens with one attached hydrogen (secondary N) is 1. The minimum Gasteiger partial charge on any atom is -0.480 e. The van der Waals surface area contributed by atoms with E-state index in [9.17, 15) is 34.1 Å². The number of aliphatic carboxylic acids is 1. The molecule has 0 aliphatic heterocycles. The second-order valence-electron chi connectivity index (χ2n) is 14.9. The summed E-state index contributed by atoms with van der Waals surface area (Å²) in [5.74, 6) is -2.37. The van der Waals surface area contributed by atoms with Crippen LogP contribution < -0.4 is 5.32 Å². The van der Waals surface area contributed by atoms with E-state index >= 15 is 0 Å². The van der Waals surface area contributed by atoms with Crippen LogP contribution in [0.1, 0.15) is 206 Å². The fourth-order valence-electron chi connectivity index (χ4n) is 6.13. The summed E-state index contributed by atoms with van der Waals surface area (Å²) < 4.78 is 26.8. The Labute approximate surface area is 328 Å². The summed E-state index contributed by atoms with van der Waals surface area (Å²) >= 11 is 0. The molecule has 0 radical (unpaired) electrons. The Morgan fingerprint density at radius 3 is 1.43 bits per heavy atom. The quantitative estimate of drug-likeness (QED) is 0.0202. The number of aliphatic hydroxyl groups is 1. The molecule has 3 unspecified atom stereocenters. The van der Waals surface area contributed by atoms with E-state index in [-0.39, 0.29) is 12.8 Å². The first-order valence-corrected chi connectivity index (χ1v) is 23.2. The Hall–Kier alpha value is -1.78. The van der Waals surface area contributed by atoms with E-state index < -0.39 is 57.6 Å². The first-order valence-electron chi connectivity index (χ1n) is 21.7. The van der Waals surface area contributed by atoms with Gasteiger partial charge in [0, 0.05) is 12.8 Å². The molecule has 0 saturated carbocycles. The largest absolute Gasteiger partial charge is 0.480 e. The normalized spacial score (nSPS) is 13.9. The fourth-order valence-corrected chi connectivity index (χ4v) is 6.91. The highest BCUT2D eigenvalue weighted by Crippen LogP contribution is 2.43. The van der Waals surface area contributed by atoms with Gasteiger partial charge in [-0.2, -0.15) is 0 Å². The van der Waals surface area contributed by atoms with Crippen LogP contribution in [0.4, 0.5) is 0 Å². The molecular formula is C42H80NO10P. The molecule has 318 valence electrons. The maximum absolute atomic E-state index is 12.3. The number of esters is 1. The average Bonchev–Trinajstić information content (AvgIpc) is 3.14. The number of rotatable bonds is 41. The lowest BCUT2D eigenvalue weighted by Gasteiger charge is -2.18. The Kier molecular flexibility index (Phi) is 36.9. The highest BCUT2D eigenvalue weighted by molar-refractivity contribution is 7.47. The van der Waals surface area contributed by atoms with Crippen LogP contribution in [0.2, 0.25) is 0 Å². The van der Waals surface area contributed by atoms with Crippen LogP contribution in [0.3, 0.4) is 0 Å². The maximum Gasteiger partial charge on any atom is 0.472 e. The monoisotopic (exact) mass is 790 g/mol. The smallest absolute Gasteiger partial charge is 0.472 e. The average molecular weight is 790 g/mol. The Morgan fingerprint density at radius 2 is 0.963 bits per heavy atom. The number of hydrogen-bond acceptors (Lipinski definition) is 8. The molecule has 12 heteroatoms. The molecular weight excluding hydrogens is 709 g/mol. The Balaban J connectivity index is 3.89. The lowest BCUT2D eigenvalue weighted by Crippen LogP contribution is -2.43. The maximum atomic E-state index is 12.3. The third kappa shape index (κ3) is 37.2. The van der Waals surface area contributed by atoms with Gasteiger partial charge in [0.15, 0.2) is 6.04 Å². The Bertz CT molecular complexity index is 979. The van der Waals surface area contributed by atoms with E-state index in [1.807, 2.05) is 0 Å². The molecule has 0 aliphatic rings. The third-order valence-corrected chi connectivity index (χ3v) is 10.5. The molecule has 0 heterocycles. The van der Waals surface area contributed by atoms with Crippen molar-refractivity contribution in [1.29, 1.82) is 0 Å². The van der Waals surface area contributed by atoms with Crippen molar-refractivity contribution in [3.8, 4) is 0 Å². The summed E-state index contributed by atoms with van der Waals surface area (Å²) in [5, 5.41) is 21.8. The van der Waals surface area contributed by atoms with E-state index in [0.717, 1.165) is 57.8 Å². The van der Waals surface area contributed by atoms with Crippen LogP contribution in [0.15, 0.2) is 12.2 Å². The molecule has 54 heavy (non-hydrogen) atoms. The number of carbonyl (C=O) groups excluding carboxylic acids is 2. The van der Waals surface area contributed by atoms with Crippen molar-refractivity contribution in [2.75, 3.05) is 19.8 Å². The van der Waals surface area contributed by atoms with Gasteiger partial charge in [-0.25, -0.2) is 9.36 Å². The molecule has 0 aromatic rings. The molecule has 3 atom stereocenters. The number of carboxylic acids is 1. The molecule has 0 aromatic heterocycles. The number of ether oxygens (including phenoxy) is 1. The summed E-state index contributed by atoms with van der Waals surface area (Å²) in [7, 11) is -4.75. The van der Waals surface area contributed by atoms with Gasteiger partial charge in [-0.3, -0.25) is 18.6 Å². The first kappa shape index (κ1) is 52.2. The number of phosphoric acid groups is 1. The van der Waals surface area contributed by atoms with Crippen molar-refractivity contribution in [3.05, 3.63) is 12.2 Å². The summed E-state index contributed by atoms with van der Waals surface area (Å²) in [6, 6.07) is -1.54. The summed E-state index contributed by atoms with van der Waals surface area (Å²) in [4.78, 5) is 45.8. The van der Waals surface area contributed by atoms with Crippen LogP contribution in [-0.2, 0) is 32.7 Å². The minimum absolute atomic E-state index is 0.151. The van der Waals surface area contributed by atoms with Crippen LogP contribution in [0, 0.1) is 0 Å². The summed E-state index contributed by atoms with van der Waals surface area (Å²) in [6.07, 6.45) is 36.6. The molecule has 4 N–H and O–H groups in total. The van der Waals surface area contributed by atoms with Crippen LogP contribution >= 0.6 is 7.82 Å². The molecule has 11 nitrogen and oxygen atoms in total. The zero-order valence-corrected chi connectivity index (χ0v) is 35.2. The summed E-state index contributed by atoms with van der Waals surface area (Å²) in [6.45, 7) is 2.58. The number of aliphatic hydroxyl groups excluding tert-OH is 1. The van der Waals surface area contributed by atoms with E-state index in [1.54, 1.807) is 0 Å². The number of carboxylic acid groups (broad SMARTS) is 1.